The van der Waals surface area contributed by atoms with Gasteiger partial charge in [0.1, 0.15) is 12.4 Å². The van der Waals surface area contributed by atoms with Gasteiger partial charge in [0.05, 0.1) is 12.1 Å². The molecule has 7 nitrogen and oxygen atoms in total. The summed E-state index contributed by atoms with van der Waals surface area (Å²) in [4.78, 5) is 19.4. The molecule has 138 valence electrons. The van der Waals surface area contributed by atoms with Crippen LogP contribution in [0.1, 0.15) is 15.9 Å². The normalized spacial score (nSPS) is 10.3. The smallest absolute Gasteiger partial charge is 0.248 e. The Balaban J connectivity index is 1.70. The van der Waals surface area contributed by atoms with Crippen molar-refractivity contribution in [3.05, 3.63) is 70.9 Å². The number of primary amides is 1. The predicted octanol–water partition coefficient (Wildman–Crippen LogP) is 3.56. The minimum atomic E-state index is -0.468. The summed E-state index contributed by atoms with van der Waals surface area (Å²) in [6.45, 7) is 0.290. The molecular weight excluding hydrogens is 368 g/mol. The lowest BCUT2D eigenvalue weighted by atomic mass is 10.1. The number of halogens is 1. The molecule has 3 N–H and O–H groups in total. The molecule has 0 atom stereocenters. The minimum Gasteiger partial charge on any atom is -0.487 e. The lowest BCUT2D eigenvalue weighted by Crippen LogP contribution is -2.10. The van der Waals surface area contributed by atoms with Gasteiger partial charge in [-0.2, -0.15) is 4.98 Å². The van der Waals surface area contributed by atoms with E-state index < -0.39 is 5.91 Å². The first kappa shape index (κ1) is 18.5. The highest BCUT2D eigenvalue weighted by Gasteiger charge is 2.07. The lowest BCUT2D eigenvalue weighted by molar-refractivity contribution is 0.1000. The second-order valence-corrected chi connectivity index (χ2v) is 5.95. The first-order valence-corrected chi connectivity index (χ1v) is 8.38. The van der Waals surface area contributed by atoms with Gasteiger partial charge in [-0.3, -0.25) is 4.79 Å². The molecule has 0 saturated carbocycles. The summed E-state index contributed by atoms with van der Waals surface area (Å²) in [7, 11) is 1.54. The van der Waals surface area contributed by atoms with Crippen molar-refractivity contribution >= 4 is 29.1 Å². The summed E-state index contributed by atoms with van der Waals surface area (Å²) in [5.41, 5.74) is 7.27. The van der Waals surface area contributed by atoms with Crippen molar-refractivity contribution in [1.82, 2.24) is 9.97 Å². The molecule has 0 radical (unpaired) electrons. The van der Waals surface area contributed by atoms with Crippen LogP contribution in [-0.4, -0.2) is 23.0 Å². The number of benzene rings is 2. The van der Waals surface area contributed by atoms with E-state index in [1.54, 1.807) is 54.7 Å². The third-order valence-electron chi connectivity index (χ3n) is 3.66. The van der Waals surface area contributed by atoms with Gasteiger partial charge >= 0.3 is 0 Å². The molecule has 1 heterocycles. The topological polar surface area (TPSA) is 99.4 Å². The number of nitrogens with one attached hydrogen (secondary N) is 1. The van der Waals surface area contributed by atoms with Crippen molar-refractivity contribution in [1.29, 1.82) is 0 Å². The summed E-state index contributed by atoms with van der Waals surface area (Å²) < 4.78 is 10.9. The monoisotopic (exact) mass is 384 g/mol. The molecule has 0 bridgehead atoms. The largest absolute Gasteiger partial charge is 0.487 e. The zero-order chi connectivity index (χ0) is 19.2. The van der Waals surface area contributed by atoms with Crippen LogP contribution in [0.25, 0.3) is 0 Å². The van der Waals surface area contributed by atoms with Crippen LogP contribution >= 0.6 is 11.6 Å². The van der Waals surface area contributed by atoms with Crippen molar-refractivity contribution < 1.29 is 14.3 Å². The summed E-state index contributed by atoms with van der Waals surface area (Å²) in [5, 5.41) is 3.55. The quantitative estimate of drug-likeness (QED) is 0.646. The number of methoxy groups -OCH3 is 1. The molecule has 0 spiro atoms. The Morgan fingerprint density at radius 3 is 2.67 bits per heavy atom. The van der Waals surface area contributed by atoms with Crippen LogP contribution in [0.15, 0.2) is 54.7 Å². The Kier molecular flexibility index (Phi) is 5.73. The van der Waals surface area contributed by atoms with E-state index in [-0.39, 0.29) is 6.61 Å². The van der Waals surface area contributed by atoms with Crippen molar-refractivity contribution in [2.75, 3.05) is 12.4 Å². The predicted molar refractivity (Wildman–Crippen MR) is 103 cm³/mol. The highest BCUT2D eigenvalue weighted by molar-refractivity contribution is 6.32. The van der Waals surface area contributed by atoms with Crippen LogP contribution in [0, 0.1) is 0 Å². The number of nitrogens with zero attached hydrogens (tertiary/aromatic N) is 2. The van der Waals surface area contributed by atoms with E-state index in [1.165, 1.54) is 7.11 Å². The zero-order valence-electron chi connectivity index (χ0n) is 14.5. The molecule has 0 aliphatic heterocycles. The molecule has 27 heavy (non-hydrogen) atoms. The minimum absolute atomic E-state index is 0.290. The van der Waals surface area contributed by atoms with Gasteiger partial charge in [0, 0.05) is 29.6 Å². The average Bonchev–Trinajstić information content (AvgIpc) is 2.69. The summed E-state index contributed by atoms with van der Waals surface area (Å²) in [5.74, 6) is 0.884. The number of carbonyl (C=O) groups is 1. The number of carbonyl (C=O) groups excluding carboxylic acids is 1. The first-order valence-electron chi connectivity index (χ1n) is 8.00. The number of amides is 1. The van der Waals surface area contributed by atoms with E-state index in [4.69, 9.17) is 26.8 Å². The number of ether oxygens (including phenoxy) is 2. The maximum atomic E-state index is 11.1. The van der Waals surface area contributed by atoms with Gasteiger partial charge in [-0.05, 0) is 29.8 Å². The van der Waals surface area contributed by atoms with Gasteiger partial charge in [0.25, 0.3) is 0 Å². The van der Waals surface area contributed by atoms with Gasteiger partial charge in [-0.25, -0.2) is 4.98 Å². The Hall–Kier alpha value is -3.32. The fourth-order valence-electron chi connectivity index (χ4n) is 2.26. The lowest BCUT2D eigenvalue weighted by Gasteiger charge is -2.11. The molecule has 0 aliphatic carbocycles. The molecule has 0 fully saturated rings. The number of anilines is 2. The van der Waals surface area contributed by atoms with E-state index in [9.17, 15) is 4.79 Å². The number of rotatable bonds is 7. The van der Waals surface area contributed by atoms with Crippen LogP contribution in [0.2, 0.25) is 5.02 Å². The highest BCUT2D eigenvalue weighted by atomic mass is 35.5. The SMILES string of the molecule is COc1ccnc(Nc2ccc(Cl)c(OCc3ccc(C(N)=O)cc3)c2)n1. The van der Waals surface area contributed by atoms with Gasteiger partial charge in [-0.15, -0.1) is 0 Å². The van der Waals surface area contributed by atoms with Crippen LogP contribution < -0.4 is 20.5 Å². The summed E-state index contributed by atoms with van der Waals surface area (Å²) in [6.07, 6.45) is 1.59. The van der Waals surface area contributed by atoms with Gasteiger partial charge in [0.2, 0.25) is 17.7 Å². The van der Waals surface area contributed by atoms with Crippen molar-refractivity contribution in [3.8, 4) is 11.6 Å². The summed E-state index contributed by atoms with van der Waals surface area (Å²) >= 11 is 6.21. The zero-order valence-corrected chi connectivity index (χ0v) is 15.2. The van der Waals surface area contributed by atoms with Crippen molar-refractivity contribution in [3.63, 3.8) is 0 Å². The number of aromatic nitrogens is 2. The number of hydrogen-bond acceptors (Lipinski definition) is 6. The Bertz CT molecular complexity index is 948. The van der Waals surface area contributed by atoms with Gasteiger partial charge < -0.3 is 20.5 Å². The van der Waals surface area contributed by atoms with Crippen molar-refractivity contribution in [2.45, 2.75) is 6.61 Å². The Morgan fingerprint density at radius 1 is 1.19 bits per heavy atom. The molecule has 0 saturated heterocycles. The van der Waals surface area contributed by atoms with Crippen LogP contribution in [0.3, 0.4) is 0 Å². The molecule has 0 unspecified atom stereocenters. The maximum Gasteiger partial charge on any atom is 0.248 e. The second-order valence-electron chi connectivity index (χ2n) is 5.54. The fourth-order valence-corrected chi connectivity index (χ4v) is 2.44. The van der Waals surface area contributed by atoms with E-state index in [2.05, 4.69) is 15.3 Å². The standard InChI is InChI=1S/C19H17ClN4O3/c1-26-17-8-9-22-19(24-17)23-14-6-7-15(20)16(10-14)27-11-12-2-4-13(5-3-12)18(21)25/h2-10H,11H2,1H3,(H2,21,25)(H,22,23,24). The number of hydrogen-bond donors (Lipinski definition) is 2. The van der Waals surface area contributed by atoms with Crippen LogP contribution in [-0.2, 0) is 6.61 Å². The average molecular weight is 385 g/mol. The Morgan fingerprint density at radius 2 is 1.96 bits per heavy atom. The maximum absolute atomic E-state index is 11.1. The molecule has 3 rings (SSSR count). The van der Waals surface area contributed by atoms with E-state index in [0.29, 0.717) is 33.9 Å². The van der Waals surface area contributed by atoms with E-state index >= 15 is 0 Å². The molecule has 8 heteroatoms. The van der Waals surface area contributed by atoms with Gasteiger partial charge in [0.15, 0.2) is 0 Å². The van der Waals surface area contributed by atoms with Crippen LogP contribution in [0.5, 0.6) is 11.6 Å². The molecule has 2 aromatic carbocycles. The summed E-state index contributed by atoms with van der Waals surface area (Å²) in [6, 6.07) is 13.8. The Labute approximate surface area is 161 Å². The third kappa shape index (κ3) is 4.86. The number of nitrogens with two attached hydrogens (primary N) is 1. The second kappa shape index (κ2) is 8.37. The highest BCUT2D eigenvalue weighted by Crippen LogP contribution is 2.29. The van der Waals surface area contributed by atoms with Crippen LogP contribution in [0.4, 0.5) is 11.6 Å². The molecule has 3 aromatic rings. The van der Waals surface area contributed by atoms with E-state index in [0.717, 1.165) is 5.56 Å². The fraction of sp³-hybridized carbons (Fsp3) is 0.105. The van der Waals surface area contributed by atoms with E-state index in [1.807, 2.05) is 0 Å². The third-order valence-corrected chi connectivity index (χ3v) is 3.97. The van der Waals surface area contributed by atoms with Crippen molar-refractivity contribution in [2.24, 2.45) is 5.73 Å². The molecule has 0 aliphatic rings. The van der Waals surface area contributed by atoms with Gasteiger partial charge in [-0.1, -0.05) is 23.7 Å². The molecule has 1 aromatic heterocycles. The molecule has 1 amide bonds. The first-order chi connectivity index (χ1) is 13.0. The molecular formula is C19H17ClN4O3.